The van der Waals surface area contributed by atoms with Crippen LogP contribution in [0.5, 0.6) is 0 Å². The molecular formula is C21H19BrN4O3. The molecule has 2 aromatic rings. The van der Waals surface area contributed by atoms with E-state index in [9.17, 15) is 14.4 Å². The van der Waals surface area contributed by atoms with Gasteiger partial charge in [-0.25, -0.2) is 9.69 Å². The van der Waals surface area contributed by atoms with Crippen LogP contribution in [0.1, 0.15) is 5.56 Å². The first kappa shape index (κ1) is 19.2. The predicted molar refractivity (Wildman–Crippen MR) is 113 cm³/mol. The number of imide groups is 1. The highest BCUT2D eigenvalue weighted by Crippen LogP contribution is 2.30. The Bertz CT molecular complexity index is 1040. The van der Waals surface area contributed by atoms with Crippen LogP contribution in [-0.4, -0.2) is 41.9 Å². The number of likely N-dealkylation sites (N-methyl/N-ethyl adjacent to an activating group) is 1. The molecule has 29 heavy (non-hydrogen) atoms. The number of amides is 4. The lowest BCUT2D eigenvalue weighted by Crippen LogP contribution is -2.65. The van der Waals surface area contributed by atoms with E-state index < -0.39 is 18.1 Å². The van der Waals surface area contributed by atoms with Crippen LogP contribution in [0.4, 0.5) is 16.2 Å². The quantitative estimate of drug-likeness (QED) is 0.746. The molecule has 2 aromatic carbocycles. The van der Waals surface area contributed by atoms with Crippen molar-refractivity contribution in [2.24, 2.45) is 0 Å². The number of aryl methyl sites for hydroxylation is 1. The summed E-state index contributed by atoms with van der Waals surface area (Å²) in [5, 5.41) is 5.69. The number of nitrogens with one attached hydrogen (secondary N) is 2. The Balaban J connectivity index is 1.58. The van der Waals surface area contributed by atoms with Gasteiger partial charge in [-0.15, -0.1) is 0 Å². The van der Waals surface area contributed by atoms with Crippen molar-refractivity contribution in [1.29, 1.82) is 0 Å². The number of nitrogens with zero attached hydrogens (tertiary/aromatic N) is 2. The second-order valence-electron chi connectivity index (χ2n) is 7.04. The third-order valence-corrected chi connectivity index (χ3v) is 5.59. The maximum absolute atomic E-state index is 13.1. The molecule has 0 aliphatic carbocycles. The second kappa shape index (κ2) is 7.36. The smallest absolute Gasteiger partial charge is 0.329 e. The molecule has 1 saturated heterocycles. The van der Waals surface area contributed by atoms with E-state index in [1.807, 2.05) is 25.1 Å². The first-order chi connectivity index (χ1) is 13.9. The molecule has 2 heterocycles. The molecule has 1 fully saturated rings. The first-order valence-electron chi connectivity index (χ1n) is 9.07. The average molecular weight is 455 g/mol. The highest BCUT2D eigenvalue weighted by Gasteiger charge is 2.49. The largest absolute Gasteiger partial charge is 0.366 e. The van der Waals surface area contributed by atoms with E-state index in [0.717, 1.165) is 14.9 Å². The van der Waals surface area contributed by atoms with Gasteiger partial charge in [-0.1, -0.05) is 34.1 Å². The summed E-state index contributed by atoms with van der Waals surface area (Å²) >= 11 is 3.40. The van der Waals surface area contributed by atoms with E-state index in [4.69, 9.17) is 0 Å². The summed E-state index contributed by atoms with van der Waals surface area (Å²) in [6.07, 6.45) is 1.62. The highest BCUT2D eigenvalue weighted by atomic mass is 79.9. The van der Waals surface area contributed by atoms with Gasteiger partial charge in [-0.2, -0.15) is 0 Å². The van der Waals surface area contributed by atoms with Crippen LogP contribution in [0.2, 0.25) is 0 Å². The zero-order valence-corrected chi connectivity index (χ0v) is 17.4. The third kappa shape index (κ3) is 3.40. The summed E-state index contributed by atoms with van der Waals surface area (Å²) in [5.41, 5.74) is 2.40. The molecule has 4 amide bonds. The van der Waals surface area contributed by atoms with Crippen molar-refractivity contribution in [3.8, 4) is 0 Å². The van der Waals surface area contributed by atoms with Gasteiger partial charge in [0.1, 0.15) is 6.04 Å². The molecule has 2 atom stereocenters. The summed E-state index contributed by atoms with van der Waals surface area (Å²) in [6, 6.07) is 12.3. The van der Waals surface area contributed by atoms with E-state index in [1.54, 1.807) is 48.5 Å². The van der Waals surface area contributed by atoms with Crippen LogP contribution >= 0.6 is 15.9 Å². The molecule has 0 radical (unpaired) electrons. The minimum atomic E-state index is -0.712. The molecule has 2 unspecified atom stereocenters. The molecular weight excluding hydrogens is 436 g/mol. The van der Waals surface area contributed by atoms with E-state index in [-0.39, 0.29) is 11.8 Å². The molecule has 0 bridgehead atoms. The van der Waals surface area contributed by atoms with Gasteiger partial charge in [0.05, 0.1) is 17.3 Å². The lowest BCUT2D eigenvalue weighted by Gasteiger charge is -2.37. The van der Waals surface area contributed by atoms with Gasteiger partial charge in [0.2, 0.25) is 0 Å². The Morgan fingerprint density at radius 3 is 2.55 bits per heavy atom. The molecule has 0 aromatic heterocycles. The number of hydrogen-bond donors (Lipinski definition) is 2. The number of urea groups is 1. The molecule has 2 aliphatic heterocycles. The number of para-hydroxylation sites is 1. The van der Waals surface area contributed by atoms with Gasteiger partial charge in [0, 0.05) is 23.4 Å². The Hall–Kier alpha value is -3.13. The van der Waals surface area contributed by atoms with E-state index in [1.165, 1.54) is 0 Å². The Kier molecular flexibility index (Phi) is 4.87. The fourth-order valence-corrected chi connectivity index (χ4v) is 4.15. The fraction of sp³-hybridized carbons (Fsp3) is 0.190. The van der Waals surface area contributed by atoms with Crippen molar-refractivity contribution < 1.29 is 14.4 Å². The predicted octanol–water partition coefficient (Wildman–Crippen LogP) is 3.02. The maximum atomic E-state index is 13.1. The van der Waals surface area contributed by atoms with Crippen molar-refractivity contribution in [1.82, 2.24) is 10.2 Å². The van der Waals surface area contributed by atoms with Gasteiger partial charge < -0.3 is 15.5 Å². The average Bonchev–Trinajstić information content (AvgIpc) is 3.01. The van der Waals surface area contributed by atoms with Crippen LogP contribution in [0.3, 0.4) is 0 Å². The lowest BCUT2D eigenvalue weighted by molar-refractivity contribution is -0.122. The van der Waals surface area contributed by atoms with Crippen LogP contribution in [0.15, 0.2) is 64.8 Å². The zero-order chi connectivity index (χ0) is 20.7. The number of halogens is 1. The van der Waals surface area contributed by atoms with E-state index in [0.29, 0.717) is 16.9 Å². The van der Waals surface area contributed by atoms with Gasteiger partial charge in [-0.3, -0.25) is 9.59 Å². The minimum Gasteiger partial charge on any atom is -0.366 e. The minimum absolute atomic E-state index is 0.342. The summed E-state index contributed by atoms with van der Waals surface area (Å²) < 4.78 is 0.916. The summed E-state index contributed by atoms with van der Waals surface area (Å²) in [7, 11) is 1.72. The lowest BCUT2D eigenvalue weighted by atomic mass is 9.99. The summed E-state index contributed by atoms with van der Waals surface area (Å²) in [5.74, 6) is -0.720. The normalized spacial score (nSPS) is 20.9. The number of carbonyl (C=O) groups is 3. The molecule has 7 nitrogen and oxygen atoms in total. The van der Waals surface area contributed by atoms with Gasteiger partial charge in [0.25, 0.3) is 11.8 Å². The van der Waals surface area contributed by atoms with E-state index >= 15 is 0 Å². The van der Waals surface area contributed by atoms with E-state index in [2.05, 4.69) is 26.6 Å². The second-order valence-corrected chi connectivity index (χ2v) is 7.96. The van der Waals surface area contributed by atoms with Crippen LogP contribution < -0.4 is 15.5 Å². The maximum Gasteiger partial charge on any atom is 0.329 e. The SMILES string of the molecule is Cc1cc(Br)ccc1NC(=O)C1=CN(C)C2C(=O)N(c3ccccc3)C(=O)NC12. The Morgan fingerprint density at radius 2 is 1.86 bits per heavy atom. The number of benzene rings is 2. The van der Waals surface area contributed by atoms with Crippen molar-refractivity contribution in [2.45, 2.75) is 19.0 Å². The molecule has 0 spiro atoms. The van der Waals surface area contributed by atoms with Gasteiger partial charge in [0.15, 0.2) is 0 Å². The number of carbonyl (C=O) groups excluding carboxylic acids is 3. The summed E-state index contributed by atoms with van der Waals surface area (Å²) in [6.45, 7) is 1.89. The van der Waals surface area contributed by atoms with Crippen LogP contribution in [0.25, 0.3) is 0 Å². The zero-order valence-electron chi connectivity index (χ0n) is 15.8. The third-order valence-electron chi connectivity index (χ3n) is 5.10. The van der Waals surface area contributed by atoms with Gasteiger partial charge >= 0.3 is 6.03 Å². The molecule has 8 heteroatoms. The Morgan fingerprint density at radius 1 is 1.14 bits per heavy atom. The molecule has 2 N–H and O–H groups in total. The molecule has 148 valence electrons. The van der Waals surface area contributed by atoms with Crippen LogP contribution in [-0.2, 0) is 9.59 Å². The van der Waals surface area contributed by atoms with Gasteiger partial charge in [-0.05, 0) is 42.8 Å². The number of anilines is 2. The standard InChI is InChI=1S/C21H19BrN4O3/c1-12-10-13(22)8-9-16(12)23-19(27)15-11-25(2)18-17(15)24-21(29)26(20(18)28)14-6-4-3-5-7-14/h3-11,17-18H,1-2H3,(H,23,27)(H,24,29). The van der Waals surface area contributed by atoms with Crippen molar-refractivity contribution in [2.75, 3.05) is 17.3 Å². The van der Waals surface area contributed by atoms with Crippen molar-refractivity contribution in [3.63, 3.8) is 0 Å². The number of rotatable bonds is 3. The van der Waals surface area contributed by atoms with Crippen molar-refractivity contribution in [3.05, 3.63) is 70.3 Å². The fourth-order valence-electron chi connectivity index (χ4n) is 3.67. The first-order valence-corrected chi connectivity index (χ1v) is 9.87. The topological polar surface area (TPSA) is 81.8 Å². The number of hydrogen-bond acceptors (Lipinski definition) is 4. The molecule has 4 rings (SSSR count). The highest BCUT2D eigenvalue weighted by molar-refractivity contribution is 9.10. The monoisotopic (exact) mass is 454 g/mol. The number of fused-ring (bicyclic) bond motifs is 1. The Labute approximate surface area is 176 Å². The van der Waals surface area contributed by atoms with Crippen LogP contribution in [0, 0.1) is 6.92 Å². The summed E-state index contributed by atoms with van der Waals surface area (Å²) in [4.78, 5) is 41.5. The van der Waals surface area contributed by atoms with Crippen molar-refractivity contribution >= 4 is 45.2 Å². The molecule has 2 aliphatic rings. The molecule has 0 saturated carbocycles.